The highest BCUT2D eigenvalue weighted by molar-refractivity contribution is 5.68. The summed E-state index contributed by atoms with van der Waals surface area (Å²) in [5, 5.41) is 45.1. The Bertz CT molecular complexity index is 330. The molecule has 116 valence electrons. The second-order valence-electron chi connectivity index (χ2n) is 3.76. The van der Waals surface area contributed by atoms with E-state index in [0.29, 0.717) is 0 Å². The van der Waals surface area contributed by atoms with Gasteiger partial charge in [-0.05, 0) is 0 Å². The van der Waals surface area contributed by atoms with E-state index in [1.807, 2.05) is 0 Å². The number of rotatable bonds is 11. The van der Waals surface area contributed by atoms with Crippen LogP contribution in [-0.4, -0.2) is 88.0 Å². The number of ether oxygens (including phenoxy) is 2. The monoisotopic (exact) mass is 296 g/mol. The van der Waals surface area contributed by atoms with Gasteiger partial charge in [-0.3, -0.25) is 0 Å². The highest BCUT2D eigenvalue weighted by Gasteiger charge is 2.33. The van der Waals surface area contributed by atoms with Gasteiger partial charge in [0, 0.05) is 0 Å². The summed E-state index contributed by atoms with van der Waals surface area (Å²) in [6.45, 7) is -2.23. The minimum absolute atomic E-state index is 0.000559. The molecule has 0 saturated heterocycles. The Labute approximate surface area is 113 Å². The van der Waals surface area contributed by atoms with E-state index >= 15 is 0 Å². The molecule has 5 N–H and O–H groups in total. The maximum absolute atomic E-state index is 10.4. The molecule has 10 heteroatoms. The number of aliphatic hydroxyl groups excluding tert-OH is 3. The molecule has 0 aliphatic rings. The number of carboxylic acids is 2. The van der Waals surface area contributed by atoms with Crippen molar-refractivity contribution in [3.8, 4) is 0 Å². The number of hydrogen-bond acceptors (Lipinski definition) is 8. The minimum Gasteiger partial charge on any atom is -0.480 e. The third kappa shape index (κ3) is 7.11. The first kappa shape index (κ1) is 18.4. The van der Waals surface area contributed by atoms with Crippen LogP contribution in [0.15, 0.2) is 0 Å². The van der Waals surface area contributed by atoms with Crippen LogP contribution < -0.4 is 0 Å². The summed E-state index contributed by atoms with van der Waals surface area (Å²) >= 11 is 0. The molecule has 0 fully saturated rings. The molecule has 0 heterocycles. The predicted molar refractivity (Wildman–Crippen MR) is 59.9 cm³/mol. The molecule has 10 nitrogen and oxygen atoms in total. The topological polar surface area (TPSA) is 171 Å². The third-order valence-electron chi connectivity index (χ3n) is 2.12. The summed E-state index contributed by atoms with van der Waals surface area (Å²) in [6, 6.07) is 0. The van der Waals surface area contributed by atoms with Gasteiger partial charge in [0.15, 0.2) is 6.29 Å². The molecule has 0 radical (unpaired) electrons. The number of hydrogen-bond donors (Lipinski definition) is 5. The van der Waals surface area contributed by atoms with E-state index in [2.05, 4.69) is 9.47 Å². The standard InChI is InChI=1S/C10H16O10/c11-1-5(12)10(20-4-8(16)17)9(18)6(13)2-19-3-7(14)15/h1,5-6,9-10,12-13,18H,2-4H2,(H,14,15)(H,16,17). The van der Waals surface area contributed by atoms with E-state index < -0.39 is 56.2 Å². The van der Waals surface area contributed by atoms with Gasteiger partial charge in [-0.2, -0.15) is 0 Å². The zero-order valence-corrected chi connectivity index (χ0v) is 10.3. The van der Waals surface area contributed by atoms with E-state index in [-0.39, 0.29) is 6.29 Å². The molecule has 0 aromatic rings. The highest BCUT2D eigenvalue weighted by atomic mass is 16.5. The lowest BCUT2D eigenvalue weighted by molar-refractivity contribution is -0.167. The summed E-state index contributed by atoms with van der Waals surface area (Å²) in [6.07, 6.45) is -7.07. The second kappa shape index (κ2) is 9.34. The molecule has 0 rings (SSSR count). The van der Waals surface area contributed by atoms with Crippen molar-refractivity contribution < 1.29 is 49.4 Å². The van der Waals surface area contributed by atoms with Crippen LogP contribution in [0.1, 0.15) is 0 Å². The van der Waals surface area contributed by atoms with Gasteiger partial charge in [-0.1, -0.05) is 0 Å². The lowest BCUT2D eigenvalue weighted by atomic mass is 10.0. The van der Waals surface area contributed by atoms with Crippen molar-refractivity contribution in [2.24, 2.45) is 0 Å². The molecule has 20 heavy (non-hydrogen) atoms. The number of carboxylic acid groups (broad SMARTS) is 2. The van der Waals surface area contributed by atoms with E-state index in [9.17, 15) is 29.7 Å². The Kier molecular flexibility index (Phi) is 8.59. The van der Waals surface area contributed by atoms with Crippen LogP contribution >= 0.6 is 0 Å². The Hall–Kier alpha value is -1.59. The third-order valence-corrected chi connectivity index (χ3v) is 2.12. The summed E-state index contributed by atoms with van der Waals surface area (Å²) < 4.78 is 9.12. The molecule has 4 unspecified atom stereocenters. The molecular weight excluding hydrogens is 280 g/mol. The Morgan fingerprint density at radius 2 is 1.60 bits per heavy atom. The summed E-state index contributed by atoms with van der Waals surface area (Å²) in [5.41, 5.74) is 0. The van der Waals surface area contributed by atoms with Crippen LogP contribution in [0.4, 0.5) is 0 Å². The van der Waals surface area contributed by atoms with Crippen LogP contribution in [-0.2, 0) is 23.9 Å². The average Bonchev–Trinajstić information content (AvgIpc) is 2.37. The highest BCUT2D eigenvalue weighted by Crippen LogP contribution is 2.09. The number of aliphatic hydroxyl groups is 3. The van der Waals surface area contributed by atoms with Crippen LogP contribution in [0.3, 0.4) is 0 Å². The van der Waals surface area contributed by atoms with Crippen LogP contribution in [0.25, 0.3) is 0 Å². The van der Waals surface area contributed by atoms with Crippen LogP contribution in [0.5, 0.6) is 0 Å². The second-order valence-corrected chi connectivity index (χ2v) is 3.76. The number of aliphatic carboxylic acids is 2. The molecule has 0 aromatic heterocycles. The van der Waals surface area contributed by atoms with Gasteiger partial charge in [0.25, 0.3) is 0 Å². The van der Waals surface area contributed by atoms with E-state index in [1.165, 1.54) is 0 Å². The number of carbonyl (C=O) groups is 3. The number of aldehydes is 1. The molecule has 0 aliphatic heterocycles. The smallest absolute Gasteiger partial charge is 0.329 e. The predicted octanol–water partition coefficient (Wildman–Crippen LogP) is -3.16. The zero-order valence-electron chi connectivity index (χ0n) is 10.3. The molecule has 0 bridgehead atoms. The lowest BCUT2D eigenvalue weighted by Crippen LogP contribution is -2.49. The average molecular weight is 296 g/mol. The van der Waals surface area contributed by atoms with Gasteiger partial charge in [0.1, 0.15) is 37.6 Å². The normalized spacial score (nSPS) is 16.9. The zero-order chi connectivity index (χ0) is 15.7. The van der Waals surface area contributed by atoms with Gasteiger partial charge in [-0.15, -0.1) is 0 Å². The van der Waals surface area contributed by atoms with Crippen LogP contribution in [0, 0.1) is 0 Å². The summed E-state index contributed by atoms with van der Waals surface area (Å²) in [4.78, 5) is 30.9. The fourth-order valence-corrected chi connectivity index (χ4v) is 1.23. The first-order valence-corrected chi connectivity index (χ1v) is 5.42. The maximum Gasteiger partial charge on any atom is 0.329 e. The number of carbonyl (C=O) groups excluding carboxylic acids is 1. The van der Waals surface area contributed by atoms with Crippen molar-refractivity contribution in [3.05, 3.63) is 0 Å². The molecule has 0 aliphatic carbocycles. The summed E-state index contributed by atoms with van der Waals surface area (Å²) in [5.74, 6) is -2.70. The quantitative estimate of drug-likeness (QED) is 0.245. The first-order valence-electron chi connectivity index (χ1n) is 5.42. The first-order chi connectivity index (χ1) is 9.29. The minimum atomic E-state index is -1.86. The van der Waals surface area contributed by atoms with Gasteiger partial charge in [0.2, 0.25) is 0 Å². The van der Waals surface area contributed by atoms with Gasteiger partial charge in [-0.25, -0.2) is 9.59 Å². The molecule has 0 saturated carbocycles. The van der Waals surface area contributed by atoms with Crippen molar-refractivity contribution in [3.63, 3.8) is 0 Å². The molecule has 0 spiro atoms. The van der Waals surface area contributed by atoms with Crippen molar-refractivity contribution in [1.82, 2.24) is 0 Å². The van der Waals surface area contributed by atoms with E-state index in [1.54, 1.807) is 0 Å². The van der Waals surface area contributed by atoms with E-state index in [4.69, 9.17) is 10.2 Å². The van der Waals surface area contributed by atoms with E-state index in [0.717, 1.165) is 0 Å². The molecule has 0 amide bonds. The fraction of sp³-hybridized carbons (Fsp3) is 0.700. The fourth-order valence-electron chi connectivity index (χ4n) is 1.23. The van der Waals surface area contributed by atoms with Gasteiger partial charge < -0.3 is 39.8 Å². The molecule has 0 aromatic carbocycles. The lowest BCUT2D eigenvalue weighted by Gasteiger charge is -2.27. The van der Waals surface area contributed by atoms with Gasteiger partial charge >= 0.3 is 11.9 Å². The largest absolute Gasteiger partial charge is 0.480 e. The van der Waals surface area contributed by atoms with Gasteiger partial charge in [0.05, 0.1) is 6.61 Å². The Balaban J connectivity index is 4.50. The molecule has 4 atom stereocenters. The van der Waals surface area contributed by atoms with Crippen molar-refractivity contribution in [1.29, 1.82) is 0 Å². The summed E-state index contributed by atoms with van der Waals surface area (Å²) in [7, 11) is 0. The molecular formula is C10H16O10. The maximum atomic E-state index is 10.4. The van der Waals surface area contributed by atoms with Crippen molar-refractivity contribution >= 4 is 18.2 Å². The van der Waals surface area contributed by atoms with Crippen LogP contribution in [0.2, 0.25) is 0 Å². The Morgan fingerprint density at radius 1 is 1.05 bits per heavy atom. The van der Waals surface area contributed by atoms with Crippen molar-refractivity contribution in [2.45, 2.75) is 24.4 Å². The Morgan fingerprint density at radius 3 is 2.05 bits per heavy atom. The van der Waals surface area contributed by atoms with Crippen molar-refractivity contribution in [2.75, 3.05) is 19.8 Å². The SMILES string of the molecule is O=CC(O)C(OCC(=O)O)C(O)C(O)COCC(=O)O.